The molecule has 2 aromatic carbocycles. The molecule has 1 saturated heterocycles. The SMILES string of the molecule is CC(=O)N1CCN(c2ccc(C(=O)N[C@@H](C)c3ccc(F)cc3F)cc2[N+](=O)[O-])CC1. The smallest absolute Gasteiger partial charge is 0.293 e. The molecule has 0 aliphatic carbocycles. The highest BCUT2D eigenvalue weighted by Crippen LogP contribution is 2.30. The Kier molecular flexibility index (Phi) is 6.47. The van der Waals surface area contributed by atoms with E-state index in [9.17, 15) is 28.5 Å². The van der Waals surface area contributed by atoms with E-state index in [0.29, 0.717) is 31.9 Å². The highest BCUT2D eigenvalue weighted by Gasteiger charge is 2.26. The zero-order valence-electron chi connectivity index (χ0n) is 17.1. The quantitative estimate of drug-likeness (QED) is 0.579. The second-order valence-electron chi connectivity index (χ2n) is 7.31. The second-order valence-corrected chi connectivity index (χ2v) is 7.31. The molecule has 2 aromatic rings. The van der Waals surface area contributed by atoms with Gasteiger partial charge in [-0.15, -0.1) is 0 Å². The molecule has 8 nitrogen and oxygen atoms in total. The summed E-state index contributed by atoms with van der Waals surface area (Å²) >= 11 is 0. The summed E-state index contributed by atoms with van der Waals surface area (Å²) in [4.78, 5) is 38.6. The number of hydrogen-bond acceptors (Lipinski definition) is 5. The molecule has 1 heterocycles. The van der Waals surface area contributed by atoms with Crippen molar-refractivity contribution in [2.24, 2.45) is 0 Å². The molecule has 1 atom stereocenters. The van der Waals surface area contributed by atoms with Gasteiger partial charge in [0.1, 0.15) is 17.3 Å². The summed E-state index contributed by atoms with van der Waals surface area (Å²) in [6.45, 7) is 4.79. The third-order valence-corrected chi connectivity index (χ3v) is 5.28. The third kappa shape index (κ3) is 4.96. The fourth-order valence-electron chi connectivity index (χ4n) is 3.55. The van der Waals surface area contributed by atoms with Crippen LogP contribution in [0.4, 0.5) is 20.2 Å². The minimum Gasteiger partial charge on any atom is -0.362 e. The van der Waals surface area contributed by atoms with E-state index in [1.165, 1.54) is 38.1 Å². The number of nitrogens with zero attached hydrogens (tertiary/aromatic N) is 3. The van der Waals surface area contributed by atoms with Crippen molar-refractivity contribution in [2.75, 3.05) is 31.1 Å². The van der Waals surface area contributed by atoms with E-state index >= 15 is 0 Å². The highest BCUT2D eigenvalue weighted by atomic mass is 19.1. The normalized spacial score (nSPS) is 14.8. The average molecular weight is 432 g/mol. The van der Waals surface area contributed by atoms with Gasteiger partial charge in [-0.3, -0.25) is 19.7 Å². The number of benzene rings is 2. The van der Waals surface area contributed by atoms with Crippen molar-refractivity contribution >= 4 is 23.2 Å². The van der Waals surface area contributed by atoms with Gasteiger partial charge in [0.2, 0.25) is 5.91 Å². The van der Waals surface area contributed by atoms with Crippen LogP contribution < -0.4 is 10.2 Å². The molecule has 1 aliphatic rings. The number of piperazine rings is 1. The Bertz CT molecular complexity index is 1020. The van der Waals surface area contributed by atoms with E-state index in [2.05, 4.69) is 5.32 Å². The van der Waals surface area contributed by atoms with Crippen molar-refractivity contribution in [3.63, 3.8) is 0 Å². The Morgan fingerprint density at radius 3 is 2.35 bits per heavy atom. The first-order valence-electron chi connectivity index (χ1n) is 9.72. The van der Waals surface area contributed by atoms with Gasteiger partial charge in [-0.1, -0.05) is 6.07 Å². The lowest BCUT2D eigenvalue weighted by Gasteiger charge is -2.35. The Labute approximate surface area is 177 Å². The number of nitro groups is 1. The number of nitro benzene ring substituents is 1. The van der Waals surface area contributed by atoms with Crippen LogP contribution in [0.2, 0.25) is 0 Å². The van der Waals surface area contributed by atoms with E-state index < -0.39 is 28.5 Å². The Morgan fingerprint density at radius 1 is 1.10 bits per heavy atom. The van der Waals surface area contributed by atoms with Crippen LogP contribution in [-0.4, -0.2) is 47.8 Å². The number of nitrogens with one attached hydrogen (secondary N) is 1. The van der Waals surface area contributed by atoms with Crippen molar-refractivity contribution in [2.45, 2.75) is 19.9 Å². The number of hydrogen-bond donors (Lipinski definition) is 1. The first-order chi connectivity index (χ1) is 14.7. The van der Waals surface area contributed by atoms with Gasteiger partial charge in [-0.25, -0.2) is 8.78 Å². The van der Waals surface area contributed by atoms with Gasteiger partial charge in [0.25, 0.3) is 11.6 Å². The standard InChI is InChI=1S/C21H22F2N4O4/c1-13(17-5-4-16(22)12-18(17)23)24-21(29)15-3-6-19(20(11-15)27(30)31)26-9-7-25(8-10-26)14(2)28/h3-6,11-13H,7-10H2,1-2H3,(H,24,29)/t13-/m0/s1. The van der Waals surface area contributed by atoms with Crippen LogP contribution in [0.5, 0.6) is 0 Å². The first kappa shape index (κ1) is 22.1. The molecule has 0 unspecified atom stereocenters. The van der Waals surface area contributed by atoms with Gasteiger partial charge >= 0.3 is 0 Å². The largest absolute Gasteiger partial charge is 0.362 e. The fraction of sp³-hybridized carbons (Fsp3) is 0.333. The van der Waals surface area contributed by atoms with E-state index in [0.717, 1.165) is 12.1 Å². The van der Waals surface area contributed by atoms with Crippen LogP contribution in [0, 0.1) is 21.7 Å². The molecule has 1 fully saturated rings. The predicted molar refractivity (Wildman–Crippen MR) is 110 cm³/mol. The van der Waals surface area contributed by atoms with Gasteiger partial charge in [0, 0.05) is 56.4 Å². The summed E-state index contributed by atoms with van der Waals surface area (Å²) in [5, 5.41) is 14.2. The second kappa shape index (κ2) is 9.07. The van der Waals surface area contributed by atoms with Gasteiger partial charge in [0.05, 0.1) is 11.0 Å². The minimum atomic E-state index is -0.793. The number of carbonyl (C=O) groups is 2. The summed E-state index contributed by atoms with van der Waals surface area (Å²) in [6.07, 6.45) is 0. The molecule has 3 rings (SSSR count). The fourth-order valence-corrected chi connectivity index (χ4v) is 3.55. The maximum absolute atomic E-state index is 13.9. The molecule has 2 amide bonds. The lowest BCUT2D eigenvalue weighted by atomic mass is 10.1. The lowest BCUT2D eigenvalue weighted by Crippen LogP contribution is -2.48. The molecule has 0 bridgehead atoms. The first-order valence-corrected chi connectivity index (χ1v) is 9.72. The molecule has 0 aromatic heterocycles. The lowest BCUT2D eigenvalue weighted by molar-refractivity contribution is -0.384. The molecule has 1 aliphatic heterocycles. The molecule has 0 radical (unpaired) electrons. The van der Waals surface area contributed by atoms with Crippen molar-refractivity contribution in [3.05, 3.63) is 69.3 Å². The summed E-state index contributed by atoms with van der Waals surface area (Å²) < 4.78 is 27.0. The maximum Gasteiger partial charge on any atom is 0.293 e. The Morgan fingerprint density at radius 2 is 1.77 bits per heavy atom. The topological polar surface area (TPSA) is 95.8 Å². The zero-order chi connectivity index (χ0) is 22.7. The Hall–Kier alpha value is -3.56. The molecular weight excluding hydrogens is 410 g/mol. The number of anilines is 1. The van der Waals surface area contributed by atoms with Gasteiger partial charge < -0.3 is 15.1 Å². The highest BCUT2D eigenvalue weighted by molar-refractivity contribution is 5.96. The van der Waals surface area contributed by atoms with Crippen LogP contribution in [0.25, 0.3) is 0 Å². The monoisotopic (exact) mass is 432 g/mol. The maximum atomic E-state index is 13.9. The van der Waals surface area contributed by atoms with Gasteiger partial charge in [0.15, 0.2) is 0 Å². The number of carbonyl (C=O) groups excluding carboxylic acids is 2. The van der Waals surface area contributed by atoms with Crippen molar-refractivity contribution in [1.82, 2.24) is 10.2 Å². The number of halogens is 2. The number of rotatable bonds is 5. The van der Waals surface area contributed by atoms with Crippen LogP contribution in [-0.2, 0) is 4.79 Å². The van der Waals surface area contributed by atoms with Crippen molar-refractivity contribution < 1.29 is 23.3 Å². The molecule has 0 saturated carbocycles. The van der Waals surface area contributed by atoms with Crippen LogP contribution in [0.15, 0.2) is 36.4 Å². The van der Waals surface area contributed by atoms with E-state index in [1.807, 2.05) is 0 Å². The van der Waals surface area contributed by atoms with Crippen LogP contribution in [0.1, 0.15) is 35.8 Å². The molecule has 10 heteroatoms. The molecular formula is C21H22F2N4O4. The van der Waals surface area contributed by atoms with E-state index in [4.69, 9.17) is 0 Å². The zero-order valence-corrected chi connectivity index (χ0v) is 17.1. The average Bonchev–Trinajstić information content (AvgIpc) is 2.73. The summed E-state index contributed by atoms with van der Waals surface area (Å²) in [5.74, 6) is -2.19. The van der Waals surface area contributed by atoms with Crippen LogP contribution in [0.3, 0.4) is 0 Å². The predicted octanol–water partition coefficient (Wildman–Crippen LogP) is 3.03. The van der Waals surface area contributed by atoms with E-state index in [1.54, 1.807) is 9.80 Å². The summed E-state index contributed by atoms with van der Waals surface area (Å²) in [6, 6.07) is 6.42. The molecule has 0 spiro atoms. The van der Waals surface area contributed by atoms with Gasteiger partial charge in [-0.2, -0.15) is 0 Å². The third-order valence-electron chi connectivity index (χ3n) is 5.28. The Balaban J connectivity index is 1.78. The molecule has 164 valence electrons. The summed E-state index contributed by atoms with van der Waals surface area (Å²) in [7, 11) is 0. The van der Waals surface area contributed by atoms with Crippen molar-refractivity contribution in [1.29, 1.82) is 0 Å². The number of amides is 2. The van der Waals surface area contributed by atoms with E-state index in [-0.39, 0.29) is 22.7 Å². The summed E-state index contributed by atoms with van der Waals surface area (Å²) in [5.41, 5.74) is 0.281. The van der Waals surface area contributed by atoms with Crippen molar-refractivity contribution in [3.8, 4) is 0 Å². The molecule has 1 N–H and O–H groups in total. The van der Waals surface area contributed by atoms with Gasteiger partial charge in [-0.05, 0) is 25.1 Å². The van der Waals surface area contributed by atoms with Crippen LogP contribution >= 0.6 is 0 Å². The molecule has 31 heavy (non-hydrogen) atoms. The minimum absolute atomic E-state index is 0.0483.